The largest absolute Gasteiger partial charge is 0.471 e. The van der Waals surface area contributed by atoms with Gasteiger partial charge in [-0.2, -0.15) is 15.2 Å². The number of rotatable bonds is 6. The molecule has 1 aliphatic rings. The lowest BCUT2D eigenvalue weighted by molar-refractivity contribution is 0.0771. The number of carbonyl (C=O) groups is 1. The van der Waals surface area contributed by atoms with Gasteiger partial charge in [-0.15, -0.1) is 0 Å². The Morgan fingerprint density at radius 1 is 1.24 bits per heavy atom. The zero-order chi connectivity index (χ0) is 24.0. The van der Waals surface area contributed by atoms with Crippen LogP contribution in [0, 0.1) is 6.92 Å². The third-order valence-corrected chi connectivity index (χ3v) is 6.35. The van der Waals surface area contributed by atoms with E-state index in [1.165, 1.54) is 6.33 Å². The van der Waals surface area contributed by atoms with Crippen LogP contribution in [0.4, 0.5) is 0 Å². The molecule has 0 aromatic carbocycles. The van der Waals surface area contributed by atoms with E-state index in [-0.39, 0.29) is 18.1 Å². The van der Waals surface area contributed by atoms with Crippen LogP contribution >= 0.6 is 0 Å². The van der Waals surface area contributed by atoms with Crippen molar-refractivity contribution in [3.05, 3.63) is 36.2 Å². The van der Waals surface area contributed by atoms with Gasteiger partial charge in [0.2, 0.25) is 5.88 Å². The number of nitrogens with zero attached hydrogens (tertiary/aromatic N) is 9. The number of aromatic nitrogens is 8. The summed E-state index contributed by atoms with van der Waals surface area (Å²) in [5.41, 5.74) is 3.88. The third-order valence-electron chi connectivity index (χ3n) is 6.35. The molecule has 1 amide bonds. The van der Waals surface area contributed by atoms with E-state index >= 15 is 0 Å². The van der Waals surface area contributed by atoms with Crippen LogP contribution in [-0.4, -0.2) is 69.1 Å². The fourth-order valence-electron chi connectivity index (χ4n) is 4.37. The molecule has 0 N–H and O–H groups in total. The molecule has 4 aromatic rings. The molecule has 1 atom stereocenters. The Labute approximate surface area is 197 Å². The summed E-state index contributed by atoms with van der Waals surface area (Å²) < 4.78 is 11.9. The molecule has 11 heteroatoms. The predicted molar refractivity (Wildman–Crippen MR) is 125 cm³/mol. The van der Waals surface area contributed by atoms with Crippen molar-refractivity contribution in [3.63, 3.8) is 0 Å². The Morgan fingerprint density at radius 3 is 2.76 bits per heavy atom. The van der Waals surface area contributed by atoms with Crippen LogP contribution in [0.1, 0.15) is 49.3 Å². The molecule has 0 bridgehead atoms. The number of amides is 1. The minimum Gasteiger partial charge on any atom is -0.471 e. The number of aryl methyl sites for hydroxylation is 2. The summed E-state index contributed by atoms with van der Waals surface area (Å²) in [6.45, 7) is 10.0. The van der Waals surface area contributed by atoms with Crippen molar-refractivity contribution in [2.24, 2.45) is 7.05 Å². The van der Waals surface area contributed by atoms with Gasteiger partial charge in [0.1, 0.15) is 18.3 Å². The minimum atomic E-state index is -0.169. The summed E-state index contributed by atoms with van der Waals surface area (Å²) in [5, 5.41) is 8.72. The Bertz CT molecular complexity index is 1350. The lowest BCUT2D eigenvalue weighted by atomic mass is 10.2. The molecule has 4 aromatic heterocycles. The lowest BCUT2D eigenvalue weighted by Gasteiger charge is -2.16. The zero-order valence-electron chi connectivity index (χ0n) is 20.1. The van der Waals surface area contributed by atoms with Crippen LogP contribution in [0.25, 0.3) is 22.6 Å². The van der Waals surface area contributed by atoms with Crippen molar-refractivity contribution < 1.29 is 9.53 Å². The van der Waals surface area contributed by atoms with Gasteiger partial charge in [-0.05, 0) is 27.7 Å². The van der Waals surface area contributed by atoms with Crippen molar-refractivity contribution in [2.45, 2.75) is 52.8 Å². The van der Waals surface area contributed by atoms with Gasteiger partial charge in [0.05, 0.1) is 30.1 Å². The van der Waals surface area contributed by atoms with Crippen molar-refractivity contribution in [1.82, 2.24) is 44.0 Å². The average Bonchev–Trinajstić information content (AvgIpc) is 3.61. The molecule has 5 rings (SSSR count). The maximum atomic E-state index is 12.9. The highest BCUT2D eigenvalue weighted by Crippen LogP contribution is 2.30. The van der Waals surface area contributed by atoms with Crippen LogP contribution in [-0.2, 0) is 13.6 Å². The average molecular weight is 464 g/mol. The smallest absolute Gasteiger partial charge is 0.257 e. The van der Waals surface area contributed by atoms with Crippen LogP contribution in [0.2, 0.25) is 0 Å². The van der Waals surface area contributed by atoms with E-state index in [0.29, 0.717) is 35.7 Å². The van der Waals surface area contributed by atoms with Gasteiger partial charge in [0.25, 0.3) is 5.91 Å². The summed E-state index contributed by atoms with van der Waals surface area (Å²) in [5.74, 6) is 1.16. The van der Waals surface area contributed by atoms with Crippen molar-refractivity contribution in [3.8, 4) is 17.3 Å². The normalized spacial score (nSPS) is 16.2. The SMILES string of the molecule is CCn1ncc(-c2nc3c(O[C@H]4CCN(C(=O)c5cnn(C(C)C)c5)C4)ncnc3n2C)c1C. The molecule has 34 heavy (non-hydrogen) atoms. The van der Waals surface area contributed by atoms with Crippen LogP contribution in [0.15, 0.2) is 24.9 Å². The summed E-state index contributed by atoms with van der Waals surface area (Å²) in [7, 11) is 1.93. The quantitative estimate of drug-likeness (QED) is 0.432. The third kappa shape index (κ3) is 3.70. The molecule has 0 spiro atoms. The highest BCUT2D eigenvalue weighted by molar-refractivity contribution is 5.94. The summed E-state index contributed by atoms with van der Waals surface area (Å²) in [4.78, 5) is 28.3. The van der Waals surface area contributed by atoms with Crippen molar-refractivity contribution in [2.75, 3.05) is 13.1 Å². The summed E-state index contributed by atoms with van der Waals surface area (Å²) in [6, 6.07) is 0.208. The summed E-state index contributed by atoms with van der Waals surface area (Å²) >= 11 is 0. The first-order chi connectivity index (χ1) is 16.4. The molecule has 0 unspecified atom stereocenters. The van der Waals surface area contributed by atoms with Crippen molar-refractivity contribution in [1.29, 1.82) is 0 Å². The topological polar surface area (TPSA) is 109 Å². The Balaban J connectivity index is 1.36. The van der Waals surface area contributed by atoms with E-state index in [1.54, 1.807) is 22.0 Å². The minimum absolute atomic E-state index is 0.0330. The molecular formula is C23H29N9O2. The number of likely N-dealkylation sites (tertiary alicyclic amines) is 1. The van der Waals surface area contributed by atoms with E-state index < -0.39 is 0 Å². The zero-order valence-corrected chi connectivity index (χ0v) is 20.1. The standard InChI is InChI=1S/C23H29N9O2/c1-6-31-15(4)18(10-27-31)20-28-19-21(29(20)5)24-13-25-22(19)34-17-7-8-30(12-17)23(33)16-9-26-32(11-16)14(2)3/h9-11,13-14,17H,6-8,12H2,1-5H3/t17-/m0/s1. The highest BCUT2D eigenvalue weighted by Gasteiger charge is 2.30. The maximum Gasteiger partial charge on any atom is 0.257 e. The molecule has 178 valence electrons. The molecule has 5 heterocycles. The number of fused-ring (bicyclic) bond motifs is 1. The number of hydrogen-bond acceptors (Lipinski definition) is 7. The molecule has 0 saturated carbocycles. The first-order valence-corrected chi connectivity index (χ1v) is 11.6. The number of carbonyl (C=O) groups excluding carboxylic acids is 1. The molecule has 1 fully saturated rings. The lowest BCUT2D eigenvalue weighted by Crippen LogP contribution is -2.30. The van der Waals surface area contributed by atoms with Gasteiger partial charge in [-0.25, -0.2) is 9.97 Å². The Morgan fingerprint density at radius 2 is 2.06 bits per heavy atom. The first-order valence-electron chi connectivity index (χ1n) is 11.6. The van der Waals surface area contributed by atoms with Gasteiger partial charge in [-0.3, -0.25) is 14.2 Å². The Hall–Kier alpha value is -3.76. The highest BCUT2D eigenvalue weighted by atomic mass is 16.5. The van der Waals surface area contributed by atoms with Gasteiger partial charge in [0, 0.05) is 44.5 Å². The van der Waals surface area contributed by atoms with Gasteiger partial charge in [0.15, 0.2) is 11.2 Å². The molecule has 1 aliphatic heterocycles. The number of ether oxygens (including phenoxy) is 1. The monoisotopic (exact) mass is 463 g/mol. The van der Waals surface area contributed by atoms with Crippen LogP contribution in [0.3, 0.4) is 0 Å². The van der Waals surface area contributed by atoms with E-state index in [0.717, 1.165) is 30.0 Å². The van der Waals surface area contributed by atoms with E-state index in [9.17, 15) is 4.79 Å². The van der Waals surface area contributed by atoms with E-state index in [1.807, 2.05) is 43.3 Å². The molecule has 1 saturated heterocycles. The predicted octanol–water partition coefficient (Wildman–Crippen LogP) is 2.63. The number of imidazole rings is 1. The fraction of sp³-hybridized carbons (Fsp3) is 0.478. The molecular weight excluding hydrogens is 434 g/mol. The van der Waals surface area contributed by atoms with Gasteiger partial charge < -0.3 is 14.2 Å². The van der Waals surface area contributed by atoms with Gasteiger partial charge >= 0.3 is 0 Å². The van der Waals surface area contributed by atoms with Gasteiger partial charge in [-0.1, -0.05) is 0 Å². The maximum absolute atomic E-state index is 12.9. The van der Waals surface area contributed by atoms with Crippen molar-refractivity contribution >= 4 is 17.1 Å². The van der Waals surface area contributed by atoms with E-state index in [2.05, 4.69) is 27.1 Å². The van der Waals surface area contributed by atoms with E-state index in [4.69, 9.17) is 9.72 Å². The second-order valence-corrected chi connectivity index (χ2v) is 8.89. The summed E-state index contributed by atoms with van der Waals surface area (Å²) in [6.07, 6.45) is 7.30. The first kappa shape index (κ1) is 22.1. The fourth-order valence-corrected chi connectivity index (χ4v) is 4.37. The Kier molecular flexibility index (Phi) is 5.54. The second kappa shape index (κ2) is 8.54. The second-order valence-electron chi connectivity index (χ2n) is 8.89. The van der Waals surface area contributed by atoms with Crippen LogP contribution < -0.4 is 4.74 Å². The molecule has 11 nitrogen and oxygen atoms in total. The molecule has 0 aliphatic carbocycles. The molecule has 0 radical (unpaired) electrons. The number of hydrogen-bond donors (Lipinski definition) is 0. The van der Waals surface area contributed by atoms with Crippen LogP contribution in [0.5, 0.6) is 5.88 Å².